The molecule has 3 amide bonds. The molecule has 1 heterocycles. The van der Waals surface area contributed by atoms with Crippen LogP contribution in [0.25, 0.3) is 0 Å². The zero-order valence-corrected chi connectivity index (χ0v) is 20.6. The molecule has 0 saturated heterocycles. The molecule has 0 unspecified atom stereocenters. The number of urea groups is 1. The van der Waals surface area contributed by atoms with Crippen LogP contribution in [0.4, 0.5) is 4.79 Å². The van der Waals surface area contributed by atoms with E-state index < -0.39 is 29.9 Å². The van der Waals surface area contributed by atoms with Gasteiger partial charge in [-0.15, -0.1) is 0 Å². The highest BCUT2D eigenvalue weighted by Gasteiger charge is 2.32. The second-order valence-corrected chi connectivity index (χ2v) is 7.67. The van der Waals surface area contributed by atoms with Crippen molar-refractivity contribution in [3.63, 3.8) is 0 Å². The van der Waals surface area contributed by atoms with E-state index in [1.165, 1.54) is 27.5 Å². The van der Waals surface area contributed by atoms with E-state index in [0.29, 0.717) is 22.4 Å². The van der Waals surface area contributed by atoms with Gasteiger partial charge in [0.05, 0.1) is 44.7 Å². The van der Waals surface area contributed by atoms with Crippen molar-refractivity contribution in [1.29, 1.82) is 0 Å². The molecule has 1 aliphatic heterocycles. The van der Waals surface area contributed by atoms with Crippen molar-refractivity contribution < 1.29 is 38.1 Å². The number of ether oxygens (including phenoxy) is 4. The average Bonchev–Trinajstić information content (AvgIpc) is 2.90. The molecule has 3 rings (SSSR count). The molecule has 0 fully saturated rings. The van der Waals surface area contributed by atoms with Crippen LogP contribution in [0.3, 0.4) is 0 Å². The maximum atomic E-state index is 12.3. The molecule has 12 heteroatoms. The minimum Gasteiger partial charge on any atom is -0.493 e. The van der Waals surface area contributed by atoms with Crippen molar-refractivity contribution in [2.75, 3.05) is 27.9 Å². The maximum absolute atomic E-state index is 12.3. The standard InChI is InChI=1S/C25H26N4O8/c1-14-21(24(32)36-4)22(28-25(33)27-14)17-9-10-18(19(11-17)34-2)37-13-20(30)29-26-12-15-5-7-16(8-6-15)23(31)35-3/h5-12,22H,13H2,1-4H3,(H,29,30)(H2,27,28,33)/b26-12-/t22-/m1/s1. The Bertz CT molecular complexity index is 1250. The van der Waals surface area contributed by atoms with E-state index in [2.05, 4.69) is 25.9 Å². The molecule has 3 N–H and O–H groups in total. The topological polar surface area (TPSA) is 154 Å². The first-order chi connectivity index (χ1) is 17.8. The van der Waals surface area contributed by atoms with Crippen LogP contribution in [0.15, 0.2) is 58.8 Å². The zero-order chi connectivity index (χ0) is 26.9. The molecule has 1 aliphatic rings. The molecule has 1 atom stereocenters. The van der Waals surface area contributed by atoms with Gasteiger partial charge in [0.1, 0.15) is 0 Å². The van der Waals surface area contributed by atoms with Gasteiger partial charge in [0.25, 0.3) is 5.91 Å². The number of nitrogens with zero attached hydrogens (tertiary/aromatic N) is 1. The number of hydrogen-bond acceptors (Lipinski definition) is 9. The van der Waals surface area contributed by atoms with Gasteiger partial charge >= 0.3 is 18.0 Å². The van der Waals surface area contributed by atoms with E-state index in [4.69, 9.17) is 14.2 Å². The minimum atomic E-state index is -0.775. The number of hydrogen-bond donors (Lipinski definition) is 3. The number of benzene rings is 2. The normalized spacial score (nSPS) is 14.9. The summed E-state index contributed by atoms with van der Waals surface area (Å²) >= 11 is 0. The first kappa shape index (κ1) is 26.7. The Morgan fingerprint density at radius 3 is 2.35 bits per heavy atom. The lowest BCUT2D eigenvalue weighted by Crippen LogP contribution is -2.45. The van der Waals surface area contributed by atoms with Gasteiger partial charge in [-0.05, 0) is 42.3 Å². The van der Waals surface area contributed by atoms with Gasteiger partial charge in [0.2, 0.25) is 0 Å². The summed E-state index contributed by atoms with van der Waals surface area (Å²) in [6, 6.07) is 10.0. The molecule has 0 aliphatic carbocycles. The monoisotopic (exact) mass is 510 g/mol. The predicted molar refractivity (Wildman–Crippen MR) is 131 cm³/mol. The lowest BCUT2D eigenvalue weighted by Gasteiger charge is -2.28. The van der Waals surface area contributed by atoms with Crippen molar-refractivity contribution in [3.8, 4) is 11.5 Å². The summed E-state index contributed by atoms with van der Waals surface area (Å²) in [5.74, 6) is -1.01. The lowest BCUT2D eigenvalue weighted by atomic mass is 9.95. The summed E-state index contributed by atoms with van der Waals surface area (Å²) in [5, 5.41) is 9.11. The molecule has 0 spiro atoms. The molecule has 0 aromatic heterocycles. The van der Waals surface area contributed by atoms with Crippen LogP contribution in [0.1, 0.15) is 34.5 Å². The fraction of sp³-hybridized carbons (Fsp3) is 0.240. The summed E-state index contributed by atoms with van der Waals surface area (Å²) in [7, 11) is 3.97. The van der Waals surface area contributed by atoms with Crippen molar-refractivity contribution in [1.82, 2.24) is 16.1 Å². The summed E-state index contributed by atoms with van der Waals surface area (Å²) < 4.78 is 20.4. The van der Waals surface area contributed by atoms with Crippen LogP contribution in [-0.2, 0) is 19.1 Å². The van der Waals surface area contributed by atoms with Crippen LogP contribution < -0.4 is 25.5 Å². The number of methoxy groups -OCH3 is 3. The van der Waals surface area contributed by atoms with Crippen molar-refractivity contribution in [2.45, 2.75) is 13.0 Å². The second kappa shape index (κ2) is 12.2. The zero-order valence-electron chi connectivity index (χ0n) is 20.6. The van der Waals surface area contributed by atoms with Crippen LogP contribution in [0.5, 0.6) is 11.5 Å². The number of carbonyl (C=O) groups excluding carboxylic acids is 4. The quantitative estimate of drug-likeness (QED) is 0.262. The molecule has 0 saturated carbocycles. The van der Waals surface area contributed by atoms with Gasteiger partial charge < -0.3 is 29.6 Å². The first-order valence-corrected chi connectivity index (χ1v) is 10.9. The van der Waals surface area contributed by atoms with Crippen molar-refractivity contribution in [2.24, 2.45) is 5.10 Å². The van der Waals surface area contributed by atoms with Crippen LogP contribution >= 0.6 is 0 Å². The molecule has 2 aromatic rings. The fourth-order valence-electron chi connectivity index (χ4n) is 3.48. The highest BCUT2D eigenvalue weighted by atomic mass is 16.5. The molecule has 194 valence electrons. The number of esters is 2. The Balaban J connectivity index is 1.64. The average molecular weight is 511 g/mol. The largest absolute Gasteiger partial charge is 0.493 e. The molecule has 0 bridgehead atoms. The Kier molecular flexibility index (Phi) is 8.81. The van der Waals surface area contributed by atoms with E-state index in [9.17, 15) is 19.2 Å². The highest BCUT2D eigenvalue weighted by molar-refractivity contribution is 5.95. The van der Waals surface area contributed by atoms with E-state index >= 15 is 0 Å². The van der Waals surface area contributed by atoms with Crippen LogP contribution in [-0.4, -0.2) is 58.0 Å². The summed E-state index contributed by atoms with van der Waals surface area (Å²) in [4.78, 5) is 47.9. The van der Waals surface area contributed by atoms with Gasteiger partial charge in [-0.3, -0.25) is 4.79 Å². The Labute approximate surface area is 212 Å². The molecule has 12 nitrogen and oxygen atoms in total. The number of rotatable bonds is 9. The molecule has 0 radical (unpaired) electrons. The maximum Gasteiger partial charge on any atom is 0.337 e. The van der Waals surface area contributed by atoms with Gasteiger partial charge in [0.15, 0.2) is 18.1 Å². The Hall–Kier alpha value is -4.87. The molecule has 37 heavy (non-hydrogen) atoms. The predicted octanol–water partition coefficient (Wildman–Crippen LogP) is 1.81. The van der Waals surface area contributed by atoms with Crippen molar-refractivity contribution >= 4 is 30.1 Å². The van der Waals surface area contributed by atoms with Crippen LogP contribution in [0, 0.1) is 0 Å². The number of amides is 3. The fourth-order valence-corrected chi connectivity index (χ4v) is 3.48. The number of nitrogens with one attached hydrogen (secondary N) is 3. The summed E-state index contributed by atoms with van der Waals surface area (Å²) in [6.07, 6.45) is 1.41. The van der Waals surface area contributed by atoms with E-state index in [0.717, 1.165) is 0 Å². The molecule has 2 aromatic carbocycles. The molecular formula is C25H26N4O8. The lowest BCUT2D eigenvalue weighted by molar-refractivity contribution is -0.136. The van der Waals surface area contributed by atoms with Crippen LogP contribution in [0.2, 0.25) is 0 Å². The second-order valence-electron chi connectivity index (χ2n) is 7.67. The third-order valence-corrected chi connectivity index (χ3v) is 5.29. The van der Waals surface area contributed by atoms with E-state index in [1.807, 2.05) is 0 Å². The third-order valence-electron chi connectivity index (χ3n) is 5.29. The van der Waals surface area contributed by atoms with Gasteiger partial charge in [-0.1, -0.05) is 18.2 Å². The van der Waals surface area contributed by atoms with Gasteiger partial charge in [-0.25, -0.2) is 19.8 Å². The van der Waals surface area contributed by atoms with E-state index in [-0.39, 0.29) is 23.7 Å². The molecular weight excluding hydrogens is 484 g/mol. The number of carbonyl (C=O) groups is 4. The van der Waals surface area contributed by atoms with Gasteiger partial charge in [0, 0.05) is 5.70 Å². The van der Waals surface area contributed by atoms with Crippen molar-refractivity contribution in [3.05, 3.63) is 70.4 Å². The highest BCUT2D eigenvalue weighted by Crippen LogP contribution is 2.34. The summed E-state index contributed by atoms with van der Waals surface area (Å²) in [6.45, 7) is 1.25. The number of hydrazone groups is 1. The smallest absolute Gasteiger partial charge is 0.337 e. The summed E-state index contributed by atoms with van der Waals surface area (Å²) in [5.41, 5.74) is 4.57. The van der Waals surface area contributed by atoms with E-state index in [1.54, 1.807) is 49.4 Å². The Morgan fingerprint density at radius 2 is 1.70 bits per heavy atom. The SMILES string of the molecule is COC(=O)C1=C(C)NC(=O)N[C@@H]1c1ccc(OCC(=O)N/N=C\c2ccc(C(=O)OC)cc2)c(OC)c1. The number of allylic oxidation sites excluding steroid dienone is 1. The minimum absolute atomic E-state index is 0.245. The first-order valence-electron chi connectivity index (χ1n) is 10.9. The third kappa shape index (κ3) is 6.63. The van der Waals surface area contributed by atoms with Gasteiger partial charge in [-0.2, -0.15) is 5.10 Å². The Morgan fingerprint density at radius 1 is 1.00 bits per heavy atom.